The van der Waals surface area contributed by atoms with E-state index in [-0.39, 0.29) is 0 Å². The van der Waals surface area contributed by atoms with E-state index < -0.39 is 12.1 Å². The molecule has 13 heavy (non-hydrogen) atoms. The van der Waals surface area contributed by atoms with Crippen LogP contribution in [0.1, 0.15) is 0 Å². The molecule has 2 N–H and O–H groups in total. The lowest BCUT2D eigenvalue weighted by Crippen LogP contribution is -2.19. The van der Waals surface area contributed by atoms with E-state index in [1.54, 1.807) is 14.2 Å². The summed E-state index contributed by atoms with van der Waals surface area (Å²) in [6.45, 7) is 3.64. The third kappa shape index (κ3) is 18.2. The van der Waals surface area contributed by atoms with Crippen LogP contribution in [0.2, 0.25) is 0 Å². The average molecular weight is 192 g/mol. The maximum Gasteiger partial charge on any atom is 0.327 e. The predicted molar refractivity (Wildman–Crippen MR) is 47.6 cm³/mol. The molecule has 0 radical (unpaired) electrons. The van der Waals surface area contributed by atoms with E-state index in [0.717, 1.165) is 6.08 Å². The molecule has 0 unspecified atom stereocenters. The zero-order valence-electron chi connectivity index (χ0n) is 7.90. The van der Waals surface area contributed by atoms with Gasteiger partial charge in [-0.2, -0.15) is 0 Å². The molecule has 0 saturated heterocycles. The van der Waals surface area contributed by atoms with E-state index in [9.17, 15) is 4.79 Å². The van der Waals surface area contributed by atoms with E-state index in [1.807, 2.05) is 0 Å². The van der Waals surface area contributed by atoms with Gasteiger partial charge in [0.05, 0.1) is 13.2 Å². The molecule has 0 atom stereocenters. The van der Waals surface area contributed by atoms with E-state index in [0.29, 0.717) is 13.2 Å². The number of carboxylic acid groups (broad SMARTS) is 1. The summed E-state index contributed by atoms with van der Waals surface area (Å²) in [5, 5.41) is 16.4. The van der Waals surface area contributed by atoms with Gasteiger partial charge in [0.2, 0.25) is 0 Å². The molecule has 0 aromatic heterocycles. The third-order valence-electron chi connectivity index (χ3n) is 0.893. The second-order valence-electron chi connectivity index (χ2n) is 2.11. The van der Waals surface area contributed by atoms with Crippen molar-refractivity contribution in [1.82, 2.24) is 0 Å². The van der Waals surface area contributed by atoms with E-state index >= 15 is 0 Å². The fourth-order valence-electron chi connectivity index (χ4n) is 0.433. The van der Waals surface area contributed by atoms with Crippen molar-refractivity contribution < 1.29 is 24.5 Å². The van der Waals surface area contributed by atoms with Crippen LogP contribution in [0.3, 0.4) is 0 Å². The lowest BCUT2D eigenvalue weighted by atomic mass is 10.4. The minimum atomic E-state index is -0.981. The van der Waals surface area contributed by atoms with Crippen LogP contribution in [0.5, 0.6) is 0 Å². The Balaban J connectivity index is 0. The summed E-state index contributed by atoms with van der Waals surface area (Å²) in [7, 11) is 3.08. The number of aliphatic carboxylic acids is 1. The molecule has 0 bridgehead atoms. The number of aliphatic hydroxyl groups excluding tert-OH is 1. The second-order valence-corrected chi connectivity index (χ2v) is 2.11. The monoisotopic (exact) mass is 192 g/mol. The molecule has 0 spiro atoms. The fraction of sp³-hybridized carbons (Fsp3) is 0.625. The van der Waals surface area contributed by atoms with Crippen molar-refractivity contribution in [1.29, 1.82) is 0 Å². The molecule has 0 aliphatic heterocycles. The van der Waals surface area contributed by atoms with E-state index in [1.165, 1.54) is 0 Å². The van der Waals surface area contributed by atoms with Gasteiger partial charge in [-0.1, -0.05) is 6.58 Å². The number of carboxylic acids is 1. The van der Waals surface area contributed by atoms with Crippen molar-refractivity contribution in [3.05, 3.63) is 12.7 Å². The minimum Gasteiger partial charge on any atom is -0.478 e. The highest BCUT2D eigenvalue weighted by Crippen LogP contribution is 1.82. The summed E-state index contributed by atoms with van der Waals surface area (Å²) in [6, 6.07) is 0. The van der Waals surface area contributed by atoms with Gasteiger partial charge in [0, 0.05) is 20.3 Å². The SMILES string of the molecule is C=CC(=O)O.COCC(O)COC. The number of aliphatic hydroxyl groups is 1. The van der Waals surface area contributed by atoms with E-state index in [2.05, 4.69) is 16.1 Å². The van der Waals surface area contributed by atoms with Gasteiger partial charge in [-0.15, -0.1) is 0 Å². The number of ether oxygens (including phenoxy) is 2. The van der Waals surface area contributed by atoms with Gasteiger partial charge in [0.15, 0.2) is 0 Å². The standard InChI is InChI=1S/C5H12O3.C3H4O2/c1-7-3-5(6)4-8-2;1-2-3(4)5/h5-6H,3-4H2,1-2H3;2H,1H2,(H,4,5). The van der Waals surface area contributed by atoms with Gasteiger partial charge in [-0.25, -0.2) is 4.79 Å². The van der Waals surface area contributed by atoms with Gasteiger partial charge in [0.25, 0.3) is 0 Å². The normalized spacial score (nSPS) is 8.92. The molecule has 0 aliphatic carbocycles. The Morgan fingerprint density at radius 2 is 1.77 bits per heavy atom. The highest BCUT2D eigenvalue weighted by molar-refractivity contribution is 5.78. The Hall–Kier alpha value is -0.910. The lowest BCUT2D eigenvalue weighted by Gasteiger charge is -2.05. The van der Waals surface area contributed by atoms with E-state index in [4.69, 9.17) is 10.2 Å². The van der Waals surface area contributed by atoms with Crippen molar-refractivity contribution in [2.24, 2.45) is 0 Å². The molecule has 0 rings (SSSR count). The van der Waals surface area contributed by atoms with Crippen LogP contribution in [-0.2, 0) is 14.3 Å². The second kappa shape index (κ2) is 11.1. The van der Waals surface area contributed by atoms with Gasteiger partial charge >= 0.3 is 5.97 Å². The summed E-state index contributed by atoms with van der Waals surface area (Å²) >= 11 is 0. The molecule has 5 nitrogen and oxygen atoms in total. The number of hydrogen-bond acceptors (Lipinski definition) is 4. The van der Waals surface area contributed by atoms with Crippen molar-refractivity contribution >= 4 is 5.97 Å². The minimum absolute atomic E-state index is 0.341. The van der Waals surface area contributed by atoms with Crippen LogP contribution in [0, 0.1) is 0 Å². The first-order chi connectivity index (χ1) is 6.08. The van der Waals surface area contributed by atoms with Crippen molar-refractivity contribution in [2.45, 2.75) is 6.10 Å². The summed E-state index contributed by atoms with van der Waals surface area (Å²) in [6.07, 6.45) is 0.352. The molecule has 5 heteroatoms. The number of methoxy groups -OCH3 is 2. The molecule has 0 saturated carbocycles. The van der Waals surface area contributed by atoms with Crippen LogP contribution in [0.25, 0.3) is 0 Å². The highest BCUT2D eigenvalue weighted by atomic mass is 16.5. The first-order valence-corrected chi connectivity index (χ1v) is 3.59. The van der Waals surface area contributed by atoms with Crippen molar-refractivity contribution in [3.8, 4) is 0 Å². The molecular weight excluding hydrogens is 176 g/mol. The summed E-state index contributed by atoms with van der Waals surface area (Å²) < 4.78 is 9.25. The predicted octanol–water partition coefficient (Wildman–Crippen LogP) is -0.103. The lowest BCUT2D eigenvalue weighted by molar-refractivity contribution is -0.131. The smallest absolute Gasteiger partial charge is 0.327 e. The average Bonchev–Trinajstić information content (AvgIpc) is 2.06. The quantitative estimate of drug-likeness (QED) is 0.595. The molecule has 0 aromatic rings. The van der Waals surface area contributed by atoms with Crippen molar-refractivity contribution in [2.75, 3.05) is 27.4 Å². The Bertz CT molecular complexity index is 128. The Kier molecular flexibility index (Phi) is 12.5. The fourth-order valence-corrected chi connectivity index (χ4v) is 0.433. The topological polar surface area (TPSA) is 76.0 Å². The van der Waals surface area contributed by atoms with Crippen LogP contribution >= 0.6 is 0 Å². The highest BCUT2D eigenvalue weighted by Gasteiger charge is 1.99. The third-order valence-corrected chi connectivity index (χ3v) is 0.893. The van der Waals surface area contributed by atoms with Gasteiger partial charge in [0.1, 0.15) is 6.10 Å². The zero-order valence-corrected chi connectivity index (χ0v) is 7.90. The molecule has 0 amide bonds. The Labute approximate surface area is 77.6 Å². The maximum absolute atomic E-state index is 9.25. The first kappa shape index (κ1) is 14.6. The molecule has 0 aliphatic rings. The molecule has 0 aromatic carbocycles. The van der Waals surface area contributed by atoms with Gasteiger partial charge in [-0.3, -0.25) is 0 Å². The number of hydrogen-bond donors (Lipinski definition) is 2. The summed E-state index contributed by atoms with van der Waals surface area (Å²) in [5.74, 6) is -0.981. The molecule has 78 valence electrons. The number of carbonyl (C=O) groups is 1. The summed E-state index contributed by atoms with van der Waals surface area (Å²) in [4.78, 5) is 9.25. The van der Waals surface area contributed by atoms with Crippen LogP contribution in [0.15, 0.2) is 12.7 Å². The molecular formula is C8H16O5. The van der Waals surface area contributed by atoms with Crippen LogP contribution in [0.4, 0.5) is 0 Å². The van der Waals surface area contributed by atoms with Crippen LogP contribution < -0.4 is 0 Å². The van der Waals surface area contributed by atoms with Crippen LogP contribution in [-0.4, -0.2) is 49.7 Å². The Morgan fingerprint density at radius 3 is 1.92 bits per heavy atom. The number of rotatable bonds is 5. The first-order valence-electron chi connectivity index (χ1n) is 3.59. The molecule has 0 heterocycles. The Morgan fingerprint density at radius 1 is 1.46 bits per heavy atom. The summed E-state index contributed by atoms with van der Waals surface area (Å²) in [5.41, 5.74) is 0. The zero-order chi connectivity index (χ0) is 10.7. The van der Waals surface area contributed by atoms with Crippen molar-refractivity contribution in [3.63, 3.8) is 0 Å². The maximum atomic E-state index is 9.25. The van der Waals surface area contributed by atoms with Gasteiger partial charge in [-0.05, 0) is 0 Å². The van der Waals surface area contributed by atoms with Gasteiger partial charge < -0.3 is 19.7 Å². The largest absolute Gasteiger partial charge is 0.478 e. The molecule has 0 fully saturated rings.